The van der Waals surface area contributed by atoms with E-state index >= 15 is 0 Å². The molecule has 39 heavy (non-hydrogen) atoms. The van der Waals surface area contributed by atoms with Gasteiger partial charge in [-0.05, 0) is 79.9 Å². The van der Waals surface area contributed by atoms with Crippen LogP contribution < -0.4 is 24.6 Å². The lowest BCUT2D eigenvalue weighted by Gasteiger charge is -2.17. The van der Waals surface area contributed by atoms with Gasteiger partial charge in [-0.15, -0.1) is 0 Å². The van der Waals surface area contributed by atoms with Crippen LogP contribution in [0, 0.1) is 13.8 Å². The first-order valence-electron chi connectivity index (χ1n) is 12.5. The zero-order valence-corrected chi connectivity index (χ0v) is 24.2. The van der Waals surface area contributed by atoms with Crippen molar-refractivity contribution in [1.29, 1.82) is 0 Å². The fourth-order valence-electron chi connectivity index (χ4n) is 4.07. The fraction of sp³-hybridized carbons (Fsp3) is 0.233. The summed E-state index contributed by atoms with van der Waals surface area (Å²) in [6, 6.07) is 18.9. The lowest BCUT2D eigenvalue weighted by molar-refractivity contribution is -0.118. The molecule has 1 aliphatic rings. The van der Waals surface area contributed by atoms with Crippen molar-refractivity contribution in [2.75, 3.05) is 42.4 Å². The van der Waals surface area contributed by atoms with Crippen molar-refractivity contribution in [3.8, 4) is 11.5 Å². The van der Waals surface area contributed by atoms with Gasteiger partial charge in [0.2, 0.25) is 0 Å². The number of benzene rings is 3. The van der Waals surface area contributed by atoms with E-state index in [0.717, 1.165) is 33.8 Å². The smallest absolute Gasteiger partial charge is 0.270 e. The minimum Gasteiger partial charge on any atom is -0.490 e. The SMILES string of the molecule is CCOc1cc(/C=C2\SC(=S)N(c3ccc(N(C)C)cc3)C2=O)ccc1OCC(=O)Nc1c(C)cccc1C. The third-order valence-corrected chi connectivity index (χ3v) is 7.39. The molecule has 0 saturated carbocycles. The Kier molecular flexibility index (Phi) is 8.93. The topological polar surface area (TPSA) is 71.1 Å². The largest absolute Gasteiger partial charge is 0.490 e. The number of carbonyl (C=O) groups is 2. The van der Waals surface area contributed by atoms with Gasteiger partial charge in [-0.2, -0.15) is 0 Å². The second kappa shape index (κ2) is 12.4. The first kappa shape index (κ1) is 28.2. The second-order valence-corrected chi connectivity index (χ2v) is 10.8. The number of thiocarbonyl (C=S) groups is 1. The van der Waals surface area contributed by atoms with Crippen LogP contribution in [-0.4, -0.2) is 43.4 Å². The summed E-state index contributed by atoms with van der Waals surface area (Å²) >= 11 is 6.78. The van der Waals surface area contributed by atoms with Crippen LogP contribution in [0.25, 0.3) is 6.08 Å². The maximum absolute atomic E-state index is 13.2. The van der Waals surface area contributed by atoms with Crippen molar-refractivity contribution in [1.82, 2.24) is 0 Å². The van der Waals surface area contributed by atoms with E-state index in [1.807, 2.05) is 88.3 Å². The molecule has 1 fully saturated rings. The Labute approximate surface area is 238 Å². The molecule has 1 heterocycles. The summed E-state index contributed by atoms with van der Waals surface area (Å²) in [5.74, 6) is 0.491. The summed E-state index contributed by atoms with van der Waals surface area (Å²) in [7, 11) is 3.93. The normalized spacial score (nSPS) is 14.1. The van der Waals surface area contributed by atoms with Crippen molar-refractivity contribution in [3.63, 3.8) is 0 Å². The molecule has 9 heteroatoms. The standard InChI is InChI=1S/C30H31N3O4S2/c1-6-36-25-16-21(10-15-24(25)37-18-27(34)31-28-19(2)8-7-9-20(28)3)17-26-29(35)33(30(38)39-26)23-13-11-22(12-14-23)32(4)5/h7-17H,6,18H2,1-5H3,(H,31,34)/b26-17-. The molecular weight excluding hydrogens is 530 g/mol. The zero-order chi connectivity index (χ0) is 28.1. The third-order valence-electron chi connectivity index (χ3n) is 6.09. The summed E-state index contributed by atoms with van der Waals surface area (Å²) in [5.41, 5.74) is 5.28. The van der Waals surface area contributed by atoms with Crippen LogP contribution in [0.5, 0.6) is 11.5 Å². The number of nitrogens with one attached hydrogen (secondary N) is 1. The van der Waals surface area contributed by atoms with E-state index in [2.05, 4.69) is 5.32 Å². The maximum Gasteiger partial charge on any atom is 0.270 e. The molecule has 3 aromatic rings. The number of nitrogens with zero attached hydrogens (tertiary/aromatic N) is 2. The van der Waals surface area contributed by atoms with Crippen LogP contribution in [0.1, 0.15) is 23.6 Å². The van der Waals surface area contributed by atoms with Gasteiger partial charge in [-0.25, -0.2) is 0 Å². The van der Waals surface area contributed by atoms with Crippen molar-refractivity contribution >= 4 is 63.3 Å². The van der Waals surface area contributed by atoms with Gasteiger partial charge in [-0.3, -0.25) is 14.5 Å². The molecule has 0 aliphatic carbocycles. The number of hydrogen-bond acceptors (Lipinski definition) is 7. The Bertz CT molecular complexity index is 1410. The van der Waals surface area contributed by atoms with Crippen LogP contribution in [-0.2, 0) is 9.59 Å². The highest BCUT2D eigenvalue weighted by Gasteiger charge is 2.33. The number of para-hydroxylation sites is 1. The average Bonchev–Trinajstić information content (AvgIpc) is 3.18. The second-order valence-electron chi connectivity index (χ2n) is 9.17. The maximum atomic E-state index is 13.2. The lowest BCUT2D eigenvalue weighted by Crippen LogP contribution is -2.27. The molecule has 0 radical (unpaired) electrons. The van der Waals surface area contributed by atoms with E-state index in [4.69, 9.17) is 21.7 Å². The molecule has 0 spiro atoms. The van der Waals surface area contributed by atoms with Gasteiger partial charge >= 0.3 is 0 Å². The molecule has 1 aliphatic heterocycles. The Morgan fingerprint density at radius 1 is 1.03 bits per heavy atom. The van der Waals surface area contributed by atoms with E-state index in [1.54, 1.807) is 23.1 Å². The zero-order valence-electron chi connectivity index (χ0n) is 22.6. The molecular formula is C30H31N3O4S2. The van der Waals surface area contributed by atoms with E-state index < -0.39 is 0 Å². The predicted molar refractivity (Wildman–Crippen MR) is 164 cm³/mol. The number of anilines is 3. The van der Waals surface area contributed by atoms with Crippen LogP contribution in [0.15, 0.2) is 65.6 Å². The minimum absolute atomic E-state index is 0.168. The molecule has 1 N–H and O–H groups in total. The predicted octanol–water partition coefficient (Wildman–Crippen LogP) is 6.19. The molecule has 0 aromatic heterocycles. The highest BCUT2D eigenvalue weighted by Crippen LogP contribution is 2.37. The van der Waals surface area contributed by atoms with Crippen LogP contribution in [0.4, 0.5) is 17.1 Å². The van der Waals surface area contributed by atoms with E-state index in [1.165, 1.54) is 11.8 Å². The number of amides is 2. The van der Waals surface area contributed by atoms with Gasteiger partial charge in [0.15, 0.2) is 22.4 Å². The summed E-state index contributed by atoms with van der Waals surface area (Å²) in [6.45, 7) is 6.02. The van der Waals surface area contributed by atoms with Crippen LogP contribution >= 0.6 is 24.0 Å². The Morgan fingerprint density at radius 2 is 1.72 bits per heavy atom. The van der Waals surface area contributed by atoms with Crippen molar-refractivity contribution in [3.05, 3.63) is 82.3 Å². The lowest BCUT2D eigenvalue weighted by atomic mass is 10.1. The first-order chi connectivity index (χ1) is 18.7. The van der Waals surface area contributed by atoms with Crippen molar-refractivity contribution in [2.45, 2.75) is 20.8 Å². The van der Waals surface area contributed by atoms with Crippen LogP contribution in [0.2, 0.25) is 0 Å². The number of thioether (sulfide) groups is 1. The third kappa shape index (κ3) is 6.61. The van der Waals surface area contributed by atoms with Gasteiger partial charge < -0.3 is 19.7 Å². The van der Waals surface area contributed by atoms with Gasteiger partial charge in [0.1, 0.15) is 0 Å². The molecule has 0 atom stereocenters. The Balaban J connectivity index is 1.48. The van der Waals surface area contributed by atoms with E-state index in [9.17, 15) is 9.59 Å². The molecule has 4 rings (SSSR count). The fourth-order valence-corrected chi connectivity index (χ4v) is 5.37. The van der Waals surface area contributed by atoms with Gasteiger partial charge in [-0.1, -0.05) is 48.2 Å². The molecule has 0 bridgehead atoms. The molecule has 1 saturated heterocycles. The number of rotatable bonds is 9. The van der Waals surface area contributed by atoms with Crippen molar-refractivity contribution < 1.29 is 19.1 Å². The van der Waals surface area contributed by atoms with Crippen molar-refractivity contribution in [2.24, 2.45) is 0 Å². The Hall–Kier alpha value is -3.82. The van der Waals surface area contributed by atoms with Gasteiger partial charge in [0.25, 0.3) is 11.8 Å². The Morgan fingerprint density at radius 3 is 2.36 bits per heavy atom. The quantitative estimate of drug-likeness (QED) is 0.247. The molecule has 2 amide bonds. The number of ether oxygens (including phenoxy) is 2. The summed E-state index contributed by atoms with van der Waals surface area (Å²) in [6.07, 6.45) is 1.79. The minimum atomic E-state index is -0.263. The highest BCUT2D eigenvalue weighted by molar-refractivity contribution is 8.27. The van der Waals surface area contributed by atoms with Crippen LogP contribution in [0.3, 0.4) is 0 Å². The molecule has 0 unspecified atom stereocenters. The number of aryl methyl sites for hydroxylation is 2. The average molecular weight is 562 g/mol. The summed E-state index contributed by atoms with van der Waals surface area (Å²) in [5, 5.41) is 2.92. The highest BCUT2D eigenvalue weighted by atomic mass is 32.2. The molecule has 7 nitrogen and oxygen atoms in total. The van der Waals surface area contributed by atoms with E-state index in [-0.39, 0.29) is 18.4 Å². The monoisotopic (exact) mass is 561 g/mol. The first-order valence-corrected chi connectivity index (χ1v) is 13.7. The van der Waals surface area contributed by atoms with Gasteiger partial charge in [0.05, 0.1) is 17.2 Å². The van der Waals surface area contributed by atoms with Gasteiger partial charge in [0, 0.05) is 25.5 Å². The summed E-state index contributed by atoms with van der Waals surface area (Å²) in [4.78, 5) is 29.9. The molecule has 3 aromatic carbocycles. The number of carbonyl (C=O) groups excluding carboxylic acids is 2. The molecule has 202 valence electrons. The van der Waals surface area contributed by atoms with E-state index in [0.29, 0.717) is 27.3 Å². The summed E-state index contributed by atoms with van der Waals surface area (Å²) < 4.78 is 12.1. The number of hydrogen-bond donors (Lipinski definition) is 1.